The molecule has 1 aliphatic rings. The number of ketones is 1. The Bertz CT molecular complexity index is 414. The predicted molar refractivity (Wildman–Crippen MR) is 73.8 cm³/mol. The first-order chi connectivity index (χ1) is 9.25. The zero-order chi connectivity index (χ0) is 13.5. The van der Waals surface area contributed by atoms with Crippen molar-refractivity contribution >= 4 is 5.78 Å². The molecule has 0 unspecified atom stereocenters. The van der Waals surface area contributed by atoms with Crippen molar-refractivity contribution in [3.8, 4) is 5.75 Å². The third kappa shape index (κ3) is 4.65. The van der Waals surface area contributed by atoms with Gasteiger partial charge in [0.1, 0.15) is 5.75 Å². The highest BCUT2D eigenvalue weighted by Gasteiger charge is 2.09. The minimum atomic E-state index is 0.0683. The van der Waals surface area contributed by atoms with Crippen LogP contribution in [0.25, 0.3) is 0 Å². The second-order valence-corrected chi connectivity index (χ2v) is 4.74. The Hall–Kier alpha value is -1.39. The van der Waals surface area contributed by atoms with Gasteiger partial charge in [0.05, 0.1) is 19.8 Å². The molecule has 1 aromatic rings. The van der Waals surface area contributed by atoms with Gasteiger partial charge in [0, 0.05) is 25.2 Å². The minimum absolute atomic E-state index is 0.0683. The number of hydrogen-bond donors (Lipinski definition) is 0. The monoisotopic (exact) mass is 263 g/mol. The van der Waals surface area contributed by atoms with Gasteiger partial charge in [-0.2, -0.15) is 0 Å². The number of nitrogens with zero attached hydrogens (tertiary/aromatic N) is 1. The van der Waals surface area contributed by atoms with Gasteiger partial charge in [0.15, 0.2) is 5.78 Å². The fourth-order valence-corrected chi connectivity index (χ4v) is 2.11. The van der Waals surface area contributed by atoms with Crippen molar-refractivity contribution in [1.82, 2.24) is 4.90 Å². The van der Waals surface area contributed by atoms with E-state index in [4.69, 9.17) is 9.47 Å². The maximum atomic E-state index is 11.3. The molecule has 0 aromatic heterocycles. The van der Waals surface area contributed by atoms with E-state index in [0.717, 1.165) is 45.0 Å². The van der Waals surface area contributed by atoms with Crippen molar-refractivity contribution in [1.29, 1.82) is 0 Å². The van der Waals surface area contributed by atoms with E-state index in [-0.39, 0.29) is 5.78 Å². The highest BCUT2D eigenvalue weighted by Crippen LogP contribution is 2.14. The molecule has 104 valence electrons. The van der Waals surface area contributed by atoms with Crippen LogP contribution in [0.15, 0.2) is 24.3 Å². The summed E-state index contributed by atoms with van der Waals surface area (Å²) in [5, 5.41) is 0. The normalized spacial score (nSPS) is 16.3. The van der Waals surface area contributed by atoms with Crippen LogP contribution in [0.2, 0.25) is 0 Å². The molecule has 0 spiro atoms. The zero-order valence-corrected chi connectivity index (χ0v) is 11.4. The maximum absolute atomic E-state index is 11.3. The van der Waals surface area contributed by atoms with E-state index in [1.807, 2.05) is 18.2 Å². The predicted octanol–water partition coefficient (Wildman–Crippen LogP) is 1.99. The SMILES string of the molecule is CC(=O)c1cccc(OCCCN2CCOCC2)c1. The van der Waals surface area contributed by atoms with Crippen molar-refractivity contribution in [2.75, 3.05) is 39.5 Å². The third-order valence-corrected chi connectivity index (χ3v) is 3.23. The smallest absolute Gasteiger partial charge is 0.159 e. The Labute approximate surface area is 114 Å². The van der Waals surface area contributed by atoms with Crippen LogP contribution >= 0.6 is 0 Å². The van der Waals surface area contributed by atoms with Gasteiger partial charge in [-0.1, -0.05) is 12.1 Å². The average Bonchev–Trinajstić information content (AvgIpc) is 2.45. The summed E-state index contributed by atoms with van der Waals surface area (Å²) in [6.07, 6.45) is 0.990. The van der Waals surface area contributed by atoms with Crippen molar-refractivity contribution in [3.05, 3.63) is 29.8 Å². The first-order valence-electron chi connectivity index (χ1n) is 6.79. The summed E-state index contributed by atoms with van der Waals surface area (Å²) in [6.45, 7) is 6.98. The third-order valence-electron chi connectivity index (χ3n) is 3.23. The number of ether oxygens (including phenoxy) is 2. The van der Waals surface area contributed by atoms with E-state index in [9.17, 15) is 4.79 Å². The molecule has 1 fully saturated rings. The van der Waals surface area contributed by atoms with Gasteiger partial charge in [-0.25, -0.2) is 0 Å². The Morgan fingerprint density at radius 1 is 1.37 bits per heavy atom. The van der Waals surface area contributed by atoms with Crippen molar-refractivity contribution in [3.63, 3.8) is 0 Å². The molecular formula is C15H21NO3. The molecule has 1 heterocycles. The summed E-state index contributed by atoms with van der Waals surface area (Å²) in [4.78, 5) is 13.6. The quantitative estimate of drug-likeness (QED) is 0.581. The first-order valence-corrected chi connectivity index (χ1v) is 6.79. The molecule has 0 saturated carbocycles. The molecule has 4 nitrogen and oxygen atoms in total. The molecule has 0 atom stereocenters. The summed E-state index contributed by atoms with van der Waals surface area (Å²) in [7, 11) is 0. The van der Waals surface area contributed by atoms with Gasteiger partial charge >= 0.3 is 0 Å². The molecule has 2 rings (SSSR count). The summed E-state index contributed by atoms with van der Waals surface area (Å²) in [6, 6.07) is 7.36. The number of morpholine rings is 1. The van der Waals surface area contributed by atoms with E-state index in [1.54, 1.807) is 13.0 Å². The molecule has 1 aliphatic heterocycles. The molecule has 0 bridgehead atoms. The standard InChI is InChI=1S/C15H21NO3/c1-13(17)14-4-2-5-15(12-14)19-9-3-6-16-7-10-18-11-8-16/h2,4-5,12H,3,6-11H2,1H3. The van der Waals surface area contributed by atoms with E-state index < -0.39 is 0 Å². The molecule has 0 aliphatic carbocycles. The van der Waals surface area contributed by atoms with Gasteiger partial charge in [-0.15, -0.1) is 0 Å². The zero-order valence-electron chi connectivity index (χ0n) is 11.4. The topological polar surface area (TPSA) is 38.8 Å². The number of carbonyl (C=O) groups is 1. The molecule has 1 saturated heterocycles. The van der Waals surface area contributed by atoms with Crippen LogP contribution in [0.1, 0.15) is 23.7 Å². The highest BCUT2D eigenvalue weighted by molar-refractivity contribution is 5.94. The first kappa shape index (κ1) is 14.0. The van der Waals surface area contributed by atoms with Crippen LogP contribution in [-0.2, 0) is 4.74 Å². The van der Waals surface area contributed by atoms with Gasteiger partial charge < -0.3 is 9.47 Å². The van der Waals surface area contributed by atoms with Crippen LogP contribution < -0.4 is 4.74 Å². The Morgan fingerprint density at radius 3 is 2.89 bits per heavy atom. The van der Waals surface area contributed by atoms with Crippen molar-refractivity contribution < 1.29 is 14.3 Å². The number of Topliss-reactive ketones (excluding diaryl/α,β-unsaturated/α-hetero) is 1. The lowest BCUT2D eigenvalue weighted by molar-refractivity contribution is 0.0358. The van der Waals surface area contributed by atoms with E-state index >= 15 is 0 Å². The van der Waals surface area contributed by atoms with Crippen LogP contribution in [0.3, 0.4) is 0 Å². The molecule has 19 heavy (non-hydrogen) atoms. The van der Waals surface area contributed by atoms with E-state index in [0.29, 0.717) is 12.2 Å². The molecular weight excluding hydrogens is 242 g/mol. The number of carbonyl (C=O) groups excluding carboxylic acids is 1. The fourth-order valence-electron chi connectivity index (χ4n) is 2.11. The minimum Gasteiger partial charge on any atom is -0.494 e. The van der Waals surface area contributed by atoms with Gasteiger partial charge in [0.25, 0.3) is 0 Å². The number of benzene rings is 1. The lowest BCUT2D eigenvalue weighted by Crippen LogP contribution is -2.37. The molecule has 1 aromatic carbocycles. The highest BCUT2D eigenvalue weighted by atomic mass is 16.5. The lowest BCUT2D eigenvalue weighted by atomic mass is 10.1. The molecule has 4 heteroatoms. The molecule has 0 radical (unpaired) electrons. The Morgan fingerprint density at radius 2 is 2.16 bits per heavy atom. The second-order valence-electron chi connectivity index (χ2n) is 4.74. The fraction of sp³-hybridized carbons (Fsp3) is 0.533. The Kier molecular flexibility index (Phi) is 5.36. The summed E-state index contributed by atoms with van der Waals surface area (Å²) < 4.78 is 11.0. The second kappa shape index (κ2) is 7.26. The van der Waals surface area contributed by atoms with Crippen LogP contribution in [0.5, 0.6) is 5.75 Å². The van der Waals surface area contributed by atoms with Gasteiger partial charge in [0.2, 0.25) is 0 Å². The summed E-state index contributed by atoms with van der Waals surface area (Å²) >= 11 is 0. The molecule has 0 N–H and O–H groups in total. The number of rotatable bonds is 6. The summed E-state index contributed by atoms with van der Waals surface area (Å²) in [5.41, 5.74) is 0.700. The van der Waals surface area contributed by atoms with Crippen LogP contribution in [0.4, 0.5) is 0 Å². The average molecular weight is 263 g/mol. The van der Waals surface area contributed by atoms with E-state index in [1.165, 1.54) is 0 Å². The van der Waals surface area contributed by atoms with Crippen LogP contribution in [0, 0.1) is 0 Å². The van der Waals surface area contributed by atoms with Crippen molar-refractivity contribution in [2.45, 2.75) is 13.3 Å². The van der Waals surface area contributed by atoms with Crippen molar-refractivity contribution in [2.24, 2.45) is 0 Å². The molecule has 0 amide bonds. The van der Waals surface area contributed by atoms with Gasteiger partial charge in [-0.3, -0.25) is 9.69 Å². The van der Waals surface area contributed by atoms with Crippen LogP contribution in [-0.4, -0.2) is 50.1 Å². The largest absolute Gasteiger partial charge is 0.494 e. The van der Waals surface area contributed by atoms with Gasteiger partial charge in [-0.05, 0) is 25.5 Å². The van der Waals surface area contributed by atoms with E-state index in [2.05, 4.69) is 4.90 Å². The lowest BCUT2D eigenvalue weighted by Gasteiger charge is -2.26. The maximum Gasteiger partial charge on any atom is 0.159 e. The Balaban J connectivity index is 1.70. The number of hydrogen-bond acceptors (Lipinski definition) is 4. The summed E-state index contributed by atoms with van der Waals surface area (Å²) in [5.74, 6) is 0.841.